The Kier molecular flexibility index (Phi) is 4.85. The smallest absolute Gasteiger partial charge is 0.163 e. The lowest BCUT2D eigenvalue weighted by atomic mass is 9.45. The number of carbonyl (C=O) groups is 1. The monoisotopic (exact) mass is 409 g/mol. The van der Waals surface area contributed by atoms with Crippen molar-refractivity contribution in [2.24, 2.45) is 39.5 Å². The van der Waals surface area contributed by atoms with Crippen LogP contribution in [0.4, 0.5) is 0 Å². The summed E-state index contributed by atoms with van der Waals surface area (Å²) in [4.78, 5) is 18.1. The Morgan fingerprint density at radius 2 is 1.83 bits per heavy atom. The molecule has 162 valence electrons. The van der Waals surface area contributed by atoms with Gasteiger partial charge in [0, 0.05) is 17.2 Å². The van der Waals surface area contributed by atoms with Gasteiger partial charge in [0.25, 0.3) is 0 Å². The van der Waals surface area contributed by atoms with Gasteiger partial charge in [-0.25, -0.2) is 0 Å². The standard InChI is InChI=1S/C26H35NO3/c1-25-11-9-18(28)13-17(25)7-8-19-20(25)10-12-26(2)21(19)14-22(24(26)30)27-15-16-5-3-4-6-23(16)29/h3-6,15,17-22,28-29H,7-14H2,1-2H3. The van der Waals surface area contributed by atoms with E-state index in [1.54, 1.807) is 18.3 Å². The van der Waals surface area contributed by atoms with Crippen molar-refractivity contribution in [3.8, 4) is 5.75 Å². The number of aromatic hydroxyl groups is 1. The van der Waals surface area contributed by atoms with Gasteiger partial charge in [-0.2, -0.15) is 0 Å². The number of para-hydroxylation sites is 1. The topological polar surface area (TPSA) is 69.9 Å². The normalized spacial score (nSPS) is 45.8. The Balaban J connectivity index is 1.39. The molecule has 5 rings (SSSR count). The molecular weight excluding hydrogens is 374 g/mol. The maximum atomic E-state index is 13.4. The molecule has 4 nitrogen and oxygen atoms in total. The minimum Gasteiger partial charge on any atom is -0.507 e. The van der Waals surface area contributed by atoms with E-state index in [9.17, 15) is 15.0 Å². The summed E-state index contributed by atoms with van der Waals surface area (Å²) in [6, 6.07) is 6.89. The predicted octanol–water partition coefficient (Wildman–Crippen LogP) is 4.76. The van der Waals surface area contributed by atoms with E-state index in [0.29, 0.717) is 40.4 Å². The summed E-state index contributed by atoms with van der Waals surface area (Å²) in [6.45, 7) is 4.68. The van der Waals surface area contributed by atoms with Crippen molar-refractivity contribution in [3.05, 3.63) is 29.8 Å². The zero-order valence-electron chi connectivity index (χ0n) is 18.3. The van der Waals surface area contributed by atoms with Crippen LogP contribution in [0.1, 0.15) is 70.8 Å². The van der Waals surface area contributed by atoms with Gasteiger partial charge < -0.3 is 10.2 Å². The van der Waals surface area contributed by atoms with Crippen LogP contribution in [0.15, 0.2) is 29.3 Å². The average molecular weight is 410 g/mol. The van der Waals surface area contributed by atoms with Crippen LogP contribution in [-0.2, 0) is 4.79 Å². The summed E-state index contributed by atoms with van der Waals surface area (Å²) >= 11 is 0. The zero-order valence-corrected chi connectivity index (χ0v) is 18.3. The van der Waals surface area contributed by atoms with E-state index in [1.165, 1.54) is 12.8 Å². The van der Waals surface area contributed by atoms with Gasteiger partial charge in [-0.15, -0.1) is 0 Å². The molecule has 2 N–H and O–H groups in total. The number of aliphatic imine (C=N–C) groups is 1. The molecule has 8 unspecified atom stereocenters. The van der Waals surface area contributed by atoms with Crippen molar-refractivity contribution in [3.63, 3.8) is 0 Å². The van der Waals surface area contributed by atoms with Gasteiger partial charge in [0.05, 0.1) is 6.10 Å². The molecule has 4 aliphatic carbocycles. The Bertz CT molecular complexity index is 866. The highest BCUT2D eigenvalue weighted by Crippen LogP contribution is 2.65. The predicted molar refractivity (Wildman–Crippen MR) is 118 cm³/mol. The Labute approximate surface area is 179 Å². The van der Waals surface area contributed by atoms with E-state index in [0.717, 1.165) is 38.5 Å². The number of hydrogen-bond acceptors (Lipinski definition) is 4. The maximum absolute atomic E-state index is 13.4. The van der Waals surface area contributed by atoms with Crippen LogP contribution in [0.3, 0.4) is 0 Å². The number of hydrogen-bond donors (Lipinski definition) is 2. The molecule has 0 aliphatic heterocycles. The molecule has 0 heterocycles. The molecule has 4 aliphatic rings. The molecule has 4 saturated carbocycles. The zero-order chi connectivity index (χ0) is 21.1. The van der Waals surface area contributed by atoms with Crippen molar-refractivity contribution in [2.45, 2.75) is 77.4 Å². The average Bonchev–Trinajstić information content (AvgIpc) is 2.99. The lowest BCUT2D eigenvalue weighted by molar-refractivity contribution is -0.142. The van der Waals surface area contributed by atoms with Crippen LogP contribution < -0.4 is 0 Å². The molecule has 8 atom stereocenters. The van der Waals surface area contributed by atoms with E-state index < -0.39 is 0 Å². The van der Waals surface area contributed by atoms with Gasteiger partial charge in [0.2, 0.25) is 0 Å². The minimum absolute atomic E-state index is 0.116. The molecule has 30 heavy (non-hydrogen) atoms. The SMILES string of the molecule is CC12CCC3C(CCC4CC(O)CCC43C)C1CC(N=Cc1ccccc1O)C2=O. The van der Waals surface area contributed by atoms with Gasteiger partial charge in [-0.3, -0.25) is 9.79 Å². The van der Waals surface area contributed by atoms with Crippen LogP contribution >= 0.6 is 0 Å². The van der Waals surface area contributed by atoms with Gasteiger partial charge in [0.15, 0.2) is 5.78 Å². The number of aliphatic hydroxyl groups is 1. The third-order valence-electron chi connectivity index (χ3n) is 9.70. The molecule has 4 fully saturated rings. The molecule has 0 saturated heterocycles. The second kappa shape index (κ2) is 7.19. The molecule has 0 amide bonds. The number of carbonyl (C=O) groups excluding carboxylic acids is 1. The number of rotatable bonds is 2. The van der Waals surface area contributed by atoms with E-state index in [4.69, 9.17) is 0 Å². The van der Waals surface area contributed by atoms with Crippen molar-refractivity contribution in [1.29, 1.82) is 0 Å². The summed E-state index contributed by atoms with van der Waals surface area (Å²) in [7, 11) is 0. The summed E-state index contributed by atoms with van der Waals surface area (Å²) < 4.78 is 0. The van der Waals surface area contributed by atoms with Crippen LogP contribution in [0.2, 0.25) is 0 Å². The Morgan fingerprint density at radius 3 is 2.63 bits per heavy atom. The van der Waals surface area contributed by atoms with Crippen LogP contribution in [0, 0.1) is 34.5 Å². The summed E-state index contributed by atoms with van der Waals surface area (Å²) in [6.07, 6.45) is 9.97. The van der Waals surface area contributed by atoms with Gasteiger partial charge in [-0.1, -0.05) is 26.0 Å². The van der Waals surface area contributed by atoms with Gasteiger partial charge >= 0.3 is 0 Å². The van der Waals surface area contributed by atoms with E-state index >= 15 is 0 Å². The number of benzene rings is 1. The summed E-state index contributed by atoms with van der Waals surface area (Å²) in [5, 5.41) is 20.2. The summed E-state index contributed by atoms with van der Waals surface area (Å²) in [5.41, 5.74) is 0.750. The van der Waals surface area contributed by atoms with Crippen molar-refractivity contribution >= 4 is 12.0 Å². The second-order valence-corrected chi connectivity index (χ2v) is 11.0. The van der Waals surface area contributed by atoms with Crippen LogP contribution in [-0.4, -0.2) is 34.4 Å². The fourth-order valence-corrected chi connectivity index (χ4v) is 7.92. The number of ketones is 1. The molecule has 0 aromatic heterocycles. The van der Waals surface area contributed by atoms with Crippen molar-refractivity contribution in [2.75, 3.05) is 0 Å². The molecule has 4 heteroatoms. The van der Waals surface area contributed by atoms with Crippen molar-refractivity contribution < 1.29 is 15.0 Å². The van der Waals surface area contributed by atoms with Crippen LogP contribution in [0.5, 0.6) is 5.75 Å². The first-order valence-corrected chi connectivity index (χ1v) is 11.9. The van der Waals surface area contributed by atoms with Gasteiger partial charge in [-0.05, 0) is 92.6 Å². The quantitative estimate of drug-likeness (QED) is 0.692. The number of Topliss-reactive ketones (excluding diaryl/α,β-unsaturated/α-hetero) is 1. The third-order valence-corrected chi connectivity index (χ3v) is 9.70. The fourth-order valence-electron chi connectivity index (χ4n) is 7.92. The van der Waals surface area contributed by atoms with Gasteiger partial charge in [0.1, 0.15) is 11.8 Å². The third kappa shape index (κ3) is 2.97. The Morgan fingerprint density at radius 1 is 1.03 bits per heavy atom. The highest BCUT2D eigenvalue weighted by atomic mass is 16.3. The first-order valence-electron chi connectivity index (χ1n) is 11.9. The number of phenolic OH excluding ortho intramolecular Hbond substituents is 1. The lowest BCUT2D eigenvalue weighted by Crippen LogP contribution is -2.54. The van der Waals surface area contributed by atoms with Crippen LogP contribution in [0.25, 0.3) is 0 Å². The molecule has 0 radical (unpaired) electrons. The first-order chi connectivity index (χ1) is 14.3. The number of phenols is 1. The molecule has 1 aromatic carbocycles. The molecular formula is C26H35NO3. The number of fused-ring (bicyclic) bond motifs is 5. The fraction of sp³-hybridized carbons (Fsp3) is 0.692. The highest BCUT2D eigenvalue weighted by Gasteiger charge is 2.62. The first kappa shape index (κ1) is 20.2. The molecule has 0 spiro atoms. The van der Waals surface area contributed by atoms with E-state index in [1.807, 2.05) is 12.1 Å². The van der Waals surface area contributed by atoms with Crippen molar-refractivity contribution in [1.82, 2.24) is 0 Å². The summed E-state index contributed by atoms with van der Waals surface area (Å²) in [5.74, 6) is 2.86. The minimum atomic E-state index is -0.280. The largest absolute Gasteiger partial charge is 0.507 e. The second-order valence-electron chi connectivity index (χ2n) is 11.0. The Hall–Kier alpha value is -1.68. The highest BCUT2D eigenvalue weighted by molar-refractivity contribution is 5.94. The lowest BCUT2D eigenvalue weighted by Gasteiger charge is -2.60. The maximum Gasteiger partial charge on any atom is 0.163 e. The number of aliphatic hydroxyl groups excluding tert-OH is 1. The van der Waals surface area contributed by atoms with E-state index in [-0.39, 0.29) is 23.3 Å². The number of nitrogens with zero attached hydrogens (tertiary/aromatic N) is 1. The van der Waals surface area contributed by atoms with E-state index in [2.05, 4.69) is 18.8 Å². The molecule has 0 bridgehead atoms. The molecule has 1 aromatic rings.